The molecule has 2 aliphatic rings. The highest BCUT2D eigenvalue weighted by atomic mass is 16.1. The SMILES string of the molecule is CC1=CC(=O)CCC2CCCCC12. The molecule has 2 aliphatic carbocycles. The first-order chi connectivity index (χ1) is 6.27. The monoisotopic (exact) mass is 178 g/mol. The Balaban J connectivity index is 2.18. The molecule has 1 nitrogen and oxygen atoms in total. The highest BCUT2D eigenvalue weighted by molar-refractivity contribution is 5.90. The molecule has 0 aliphatic heterocycles. The molecule has 1 heteroatoms. The van der Waals surface area contributed by atoms with Crippen LogP contribution in [0.3, 0.4) is 0 Å². The molecule has 13 heavy (non-hydrogen) atoms. The van der Waals surface area contributed by atoms with Gasteiger partial charge in [-0.05, 0) is 44.1 Å². The van der Waals surface area contributed by atoms with E-state index in [1.807, 2.05) is 6.08 Å². The van der Waals surface area contributed by atoms with Crippen molar-refractivity contribution in [2.45, 2.75) is 45.4 Å². The minimum absolute atomic E-state index is 0.354. The number of ketones is 1. The number of rotatable bonds is 0. The van der Waals surface area contributed by atoms with E-state index in [4.69, 9.17) is 0 Å². The normalized spacial score (nSPS) is 34.8. The molecule has 0 radical (unpaired) electrons. The molecule has 2 rings (SSSR count). The van der Waals surface area contributed by atoms with Crippen LogP contribution in [0.15, 0.2) is 11.6 Å². The maximum atomic E-state index is 11.4. The van der Waals surface area contributed by atoms with Gasteiger partial charge in [0, 0.05) is 6.42 Å². The summed E-state index contributed by atoms with van der Waals surface area (Å²) in [6.45, 7) is 2.15. The van der Waals surface area contributed by atoms with Crippen molar-refractivity contribution in [1.82, 2.24) is 0 Å². The summed E-state index contributed by atoms with van der Waals surface area (Å²) in [5, 5.41) is 0. The van der Waals surface area contributed by atoms with E-state index >= 15 is 0 Å². The number of hydrogen-bond donors (Lipinski definition) is 0. The van der Waals surface area contributed by atoms with Gasteiger partial charge in [-0.1, -0.05) is 18.4 Å². The standard InChI is InChI=1S/C12H18O/c1-9-8-11(13)7-6-10-4-2-3-5-12(9)10/h8,10,12H,2-7H2,1H3. The van der Waals surface area contributed by atoms with Crippen molar-refractivity contribution in [3.8, 4) is 0 Å². The summed E-state index contributed by atoms with van der Waals surface area (Å²) in [7, 11) is 0. The molecule has 1 fully saturated rings. The Hall–Kier alpha value is -0.590. The van der Waals surface area contributed by atoms with E-state index in [1.165, 1.54) is 31.3 Å². The Kier molecular flexibility index (Phi) is 2.52. The number of allylic oxidation sites excluding steroid dienone is 2. The summed E-state index contributed by atoms with van der Waals surface area (Å²) in [6.07, 6.45) is 9.23. The van der Waals surface area contributed by atoms with Crippen LogP contribution in [0.4, 0.5) is 0 Å². The molecule has 0 aromatic carbocycles. The summed E-state index contributed by atoms with van der Waals surface area (Å²) in [5.74, 6) is 1.91. The van der Waals surface area contributed by atoms with Gasteiger partial charge < -0.3 is 0 Å². The second-order valence-corrected chi connectivity index (χ2v) is 4.54. The smallest absolute Gasteiger partial charge is 0.155 e. The van der Waals surface area contributed by atoms with Gasteiger partial charge in [0.2, 0.25) is 0 Å². The Morgan fingerprint density at radius 1 is 1.23 bits per heavy atom. The molecule has 0 N–H and O–H groups in total. The first kappa shape index (κ1) is 8.98. The lowest BCUT2D eigenvalue weighted by Crippen LogP contribution is -2.19. The van der Waals surface area contributed by atoms with Crippen molar-refractivity contribution in [2.24, 2.45) is 11.8 Å². The molecule has 2 atom stereocenters. The van der Waals surface area contributed by atoms with Crippen molar-refractivity contribution in [3.63, 3.8) is 0 Å². The lowest BCUT2D eigenvalue weighted by Gasteiger charge is -2.30. The van der Waals surface area contributed by atoms with E-state index in [-0.39, 0.29) is 0 Å². The van der Waals surface area contributed by atoms with Crippen molar-refractivity contribution in [3.05, 3.63) is 11.6 Å². The molecule has 0 saturated heterocycles. The molecular weight excluding hydrogens is 160 g/mol. The van der Waals surface area contributed by atoms with Gasteiger partial charge in [-0.25, -0.2) is 0 Å². The van der Waals surface area contributed by atoms with Gasteiger partial charge in [0.25, 0.3) is 0 Å². The first-order valence-electron chi connectivity index (χ1n) is 5.48. The number of carbonyl (C=O) groups is 1. The predicted octanol–water partition coefficient (Wildman–Crippen LogP) is 3.10. The topological polar surface area (TPSA) is 17.1 Å². The highest BCUT2D eigenvalue weighted by Gasteiger charge is 2.28. The minimum Gasteiger partial charge on any atom is -0.295 e. The average Bonchev–Trinajstić information content (AvgIpc) is 2.27. The van der Waals surface area contributed by atoms with Gasteiger partial charge in [0.05, 0.1) is 0 Å². The van der Waals surface area contributed by atoms with E-state index < -0.39 is 0 Å². The zero-order chi connectivity index (χ0) is 9.26. The lowest BCUT2D eigenvalue weighted by atomic mass is 9.75. The van der Waals surface area contributed by atoms with Gasteiger partial charge in [0.15, 0.2) is 5.78 Å². The van der Waals surface area contributed by atoms with Crippen LogP contribution in [0, 0.1) is 11.8 Å². The summed E-state index contributed by atoms with van der Waals surface area (Å²) in [4.78, 5) is 11.4. The van der Waals surface area contributed by atoms with Crippen LogP contribution in [0.5, 0.6) is 0 Å². The van der Waals surface area contributed by atoms with E-state index in [0.29, 0.717) is 5.78 Å². The fraction of sp³-hybridized carbons (Fsp3) is 0.750. The van der Waals surface area contributed by atoms with Crippen LogP contribution in [0.1, 0.15) is 45.4 Å². The van der Waals surface area contributed by atoms with E-state index in [0.717, 1.165) is 24.7 Å². The average molecular weight is 178 g/mol. The third-order valence-electron chi connectivity index (χ3n) is 3.64. The molecular formula is C12H18O. The van der Waals surface area contributed by atoms with E-state index in [2.05, 4.69) is 6.92 Å². The zero-order valence-corrected chi connectivity index (χ0v) is 8.38. The minimum atomic E-state index is 0.354. The number of carbonyl (C=O) groups excluding carboxylic acids is 1. The van der Waals surface area contributed by atoms with Crippen LogP contribution < -0.4 is 0 Å². The van der Waals surface area contributed by atoms with Crippen LogP contribution in [-0.4, -0.2) is 5.78 Å². The summed E-state index contributed by atoms with van der Waals surface area (Å²) < 4.78 is 0. The fourth-order valence-corrected chi connectivity index (χ4v) is 2.91. The van der Waals surface area contributed by atoms with Gasteiger partial charge in [-0.3, -0.25) is 4.79 Å². The lowest BCUT2D eigenvalue weighted by molar-refractivity contribution is -0.114. The van der Waals surface area contributed by atoms with Gasteiger partial charge in [-0.15, -0.1) is 0 Å². The third-order valence-corrected chi connectivity index (χ3v) is 3.64. The molecule has 2 unspecified atom stereocenters. The Labute approximate surface area is 80.2 Å². The number of hydrogen-bond acceptors (Lipinski definition) is 1. The van der Waals surface area contributed by atoms with Gasteiger partial charge in [-0.2, -0.15) is 0 Å². The van der Waals surface area contributed by atoms with Crippen molar-refractivity contribution in [1.29, 1.82) is 0 Å². The van der Waals surface area contributed by atoms with Gasteiger partial charge >= 0.3 is 0 Å². The molecule has 0 aromatic heterocycles. The quantitative estimate of drug-likeness (QED) is 0.557. The van der Waals surface area contributed by atoms with Gasteiger partial charge in [0.1, 0.15) is 0 Å². The Morgan fingerprint density at radius 2 is 2.00 bits per heavy atom. The first-order valence-corrected chi connectivity index (χ1v) is 5.48. The zero-order valence-electron chi connectivity index (χ0n) is 8.38. The van der Waals surface area contributed by atoms with Crippen molar-refractivity contribution in [2.75, 3.05) is 0 Å². The van der Waals surface area contributed by atoms with Crippen LogP contribution in [0.2, 0.25) is 0 Å². The second kappa shape index (κ2) is 3.65. The van der Waals surface area contributed by atoms with Crippen LogP contribution in [-0.2, 0) is 4.79 Å². The van der Waals surface area contributed by atoms with E-state index in [9.17, 15) is 4.79 Å². The summed E-state index contributed by atoms with van der Waals surface area (Å²) in [6, 6.07) is 0. The molecule has 0 bridgehead atoms. The molecule has 0 aromatic rings. The maximum Gasteiger partial charge on any atom is 0.155 e. The highest BCUT2D eigenvalue weighted by Crippen LogP contribution is 2.39. The third kappa shape index (κ3) is 1.84. The molecule has 0 heterocycles. The maximum absolute atomic E-state index is 11.4. The molecule has 1 saturated carbocycles. The number of fused-ring (bicyclic) bond motifs is 1. The van der Waals surface area contributed by atoms with Crippen molar-refractivity contribution >= 4 is 5.78 Å². The molecule has 0 amide bonds. The molecule has 72 valence electrons. The second-order valence-electron chi connectivity index (χ2n) is 4.54. The Morgan fingerprint density at radius 3 is 2.85 bits per heavy atom. The Bertz CT molecular complexity index is 240. The fourth-order valence-electron chi connectivity index (χ4n) is 2.91. The molecule has 0 spiro atoms. The largest absolute Gasteiger partial charge is 0.295 e. The van der Waals surface area contributed by atoms with Crippen LogP contribution in [0.25, 0.3) is 0 Å². The predicted molar refractivity (Wildman–Crippen MR) is 53.4 cm³/mol. The summed E-state index contributed by atoms with van der Waals surface area (Å²) >= 11 is 0. The van der Waals surface area contributed by atoms with Crippen LogP contribution >= 0.6 is 0 Å². The van der Waals surface area contributed by atoms with E-state index in [1.54, 1.807) is 0 Å². The summed E-state index contributed by atoms with van der Waals surface area (Å²) in [5.41, 5.74) is 1.35. The van der Waals surface area contributed by atoms with Crippen molar-refractivity contribution < 1.29 is 4.79 Å².